The highest BCUT2D eigenvalue weighted by atomic mass is 35.5. The van der Waals surface area contributed by atoms with Crippen LogP contribution >= 0.6 is 11.6 Å². The number of aromatic carboxylic acids is 1. The second-order valence-corrected chi connectivity index (χ2v) is 7.56. The maximum absolute atomic E-state index is 13.0. The lowest BCUT2D eigenvalue weighted by molar-refractivity contribution is -0.122. The molecule has 0 aliphatic carbocycles. The van der Waals surface area contributed by atoms with Gasteiger partial charge in [0.25, 0.3) is 0 Å². The lowest BCUT2D eigenvalue weighted by atomic mass is 10.1. The molecule has 12 heteroatoms. The van der Waals surface area contributed by atoms with Gasteiger partial charge >= 0.3 is 5.97 Å². The van der Waals surface area contributed by atoms with Crippen molar-refractivity contribution in [3.05, 3.63) is 82.5 Å². The highest BCUT2D eigenvalue weighted by Crippen LogP contribution is 2.33. The molecule has 0 bridgehead atoms. The average Bonchev–Trinajstić information content (AvgIpc) is 3.48. The van der Waals surface area contributed by atoms with Gasteiger partial charge in [-0.1, -0.05) is 34.1 Å². The third-order valence-corrected chi connectivity index (χ3v) is 4.84. The molecule has 0 unspecified atom stereocenters. The van der Waals surface area contributed by atoms with E-state index in [2.05, 4.69) is 20.8 Å². The van der Waals surface area contributed by atoms with Gasteiger partial charge in [0.2, 0.25) is 5.91 Å². The van der Waals surface area contributed by atoms with Crippen molar-refractivity contribution < 1.29 is 28.3 Å². The number of halogens is 2. The fraction of sp³-hybridized carbons (Fsp3) is 0.136. The number of carboxylic acid groups (broad SMARTS) is 1. The summed E-state index contributed by atoms with van der Waals surface area (Å²) < 4.78 is 25.2. The number of carboxylic acids is 1. The van der Waals surface area contributed by atoms with Crippen molar-refractivity contribution in [2.45, 2.75) is 19.7 Å². The largest absolute Gasteiger partial charge is 0.486 e. The van der Waals surface area contributed by atoms with E-state index in [0.717, 1.165) is 5.56 Å². The zero-order valence-corrected chi connectivity index (χ0v) is 18.2. The van der Waals surface area contributed by atoms with Gasteiger partial charge in [-0.15, -0.1) is 5.10 Å². The highest BCUT2D eigenvalue weighted by molar-refractivity contribution is 6.30. The van der Waals surface area contributed by atoms with Gasteiger partial charge in [-0.25, -0.2) is 13.9 Å². The number of carbonyl (C=O) groups is 2. The summed E-state index contributed by atoms with van der Waals surface area (Å²) in [5.74, 6) is -1.32. The first-order valence-electron chi connectivity index (χ1n) is 9.90. The van der Waals surface area contributed by atoms with Crippen LogP contribution in [-0.2, 0) is 24.5 Å². The molecule has 2 aromatic carbocycles. The van der Waals surface area contributed by atoms with Crippen LogP contribution in [0.2, 0.25) is 5.02 Å². The lowest BCUT2D eigenvalue weighted by Gasteiger charge is -2.08. The summed E-state index contributed by atoms with van der Waals surface area (Å²) in [6.45, 7) is 0.219. The molecule has 2 aromatic heterocycles. The van der Waals surface area contributed by atoms with Crippen LogP contribution in [0.5, 0.6) is 5.75 Å². The molecule has 1 amide bonds. The summed E-state index contributed by atoms with van der Waals surface area (Å²) in [4.78, 5) is 23.2. The molecule has 0 radical (unpaired) electrons. The minimum atomic E-state index is -1.22. The number of hydrogen-bond donors (Lipinski definition) is 2. The first-order valence-corrected chi connectivity index (χ1v) is 10.3. The molecular formula is C22H17ClFN5O5. The molecule has 0 atom stereocenters. The minimum Gasteiger partial charge on any atom is -0.486 e. The molecule has 34 heavy (non-hydrogen) atoms. The van der Waals surface area contributed by atoms with Gasteiger partial charge in [0.05, 0.1) is 11.8 Å². The van der Waals surface area contributed by atoms with Crippen LogP contribution in [0.4, 0.5) is 4.39 Å². The lowest BCUT2D eigenvalue weighted by Crippen LogP contribution is -2.27. The van der Waals surface area contributed by atoms with Crippen molar-refractivity contribution in [2.75, 3.05) is 0 Å². The normalized spacial score (nSPS) is 10.8. The summed E-state index contributed by atoms with van der Waals surface area (Å²) in [5.41, 5.74) is 1.39. The number of amides is 1. The van der Waals surface area contributed by atoms with Crippen molar-refractivity contribution in [3.8, 4) is 17.1 Å². The van der Waals surface area contributed by atoms with Gasteiger partial charge in [0.1, 0.15) is 30.4 Å². The maximum Gasteiger partial charge on any atom is 0.358 e. The number of hydrogen-bond acceptors (Lipinski definition) is 7. The van der Waals surface area contributed by atoms with Crippen LogP contribution in [0, 0.1) is 5.82 Å². The molecule has 10 nitrogen and oxygen atoms in total. The Morgan fingerprint density at radius 1 is 1.18 bits per heavy atom. The fourth-order valence-electron chi connectivity index (χ4n) is 2.96. The molecule has 0 spiro atoms. The van der Waals surface area contributed by atoms with Gasteiger partial charge in [0.15, 0.2) is 11.5 Å². The summed E-state index contributed by atoms with van der Waals surface area (Å²) >= 11 is 6.06. The maximum atomic E-state index is 13.0. The van der Waals surface area contributed by atoms with Crippen molar-refractivity contribution in [1.29, 1.82) is 0 Å². The van der Waals surface area contributed by atoms with E-state index in [1.165, 1.54) is 22.9 Å². The molecule has 0 fully saturated rings. The molecule has 0 saturated heterocycles. The average molecular weight is 486 g/mol. The molecule has 174 valence electrons. The summed E-state index contributed by atoms with van der Waals surface area (Å²) in [6, 6.07) is 11.9. The predicted octanol–water partition coefficient (Wildman–Crippen LogP) is 3.32. The Kier molecular flexibility index (Phi) is 6.83. The fourth-order valence-corrected chi connectivity index (χ4v) is 3.14. The van der Waals surface area contributed by atoms with Crippen molar-refractivity contribution in [1.82, 2.24) is 25.5 Å². The molecule has 2 N–H and O–H groups in total. The Morgan fingerprint density at radius 3 is 2.71 bits per heavy atom. The molecule has 2 heterocycles. The Labute approximate surface area is 196 Å². The molecule has 4 aromatic rings. The van der Waals surface area contributed by atoms with Crippen LogP contribution in [-0.4, -0.2) is 37.1 Å². The van der Waals surface area contributed by atoms with Crippen molar-refractivity contribution in [2.24, 2.45) is 0 Å². The number of nitrogens with zero attached hydrogens (tertiary/aromatic N) is 4. The van der Waals surface area contributed by atoms with E-state index >= 15 is 0 Å². The highest BCUT2D eigenvalue weighted by Gasteiger charge is 2.17. The van der Waals surface area contributed by atoms with Crippen LogP contribution in [0.15, 0.2) is 59.3 Å². The third kappa shape index (κ3) is 5.75. The first-order chi connectivity index (χ1) is 16.4. The minimum absolute atomic E-state index is 0.0196. The number of carbonyl (C=O) groups excluding carboxylic acids is 1. The van der Waals surface area contributed by atoms with Crippen molar-refractivity contribution in [3.63, 3.8) is 0 Å². The van der Waals surface area contributed by atoms with Crippen LogP contribution in [0.25, 0.3) is 11.3 Å². The summed E-state index contributed by atoms with van der Waals surface area (Å²) in [7, 11) is 0. The van der Waals surface area contributed by atoms with E-state index in [1.807, 2.05) is 0 Å². The standard InChI is InChI=1S/C22H17ClFN5O5/c23-14-3-6-19(17(7-14)20-8-18(22(31)32)27-34-20)33-12-16-10-29(28-26-16)11-21(30)25-9-13-1-4-15(24)5-2-13/h1-8,10H,9,11-12H2,(H,25,30)(H,31,32). The topological polar surface area (TPSA) is 132 Å². The van der Waals surface area contributed by atoms with E-state index < -0.39 is 5.97 Å². The third-order valence-electron chi connectivity index (χ3n) is 4.61. The van der Waals surface area contributed by atoms with Gasteiger partial charge in [0, 0.05) is 17.6 Å². The molecule has 0 aliphatic heterocycles. The first kappa shape index (κ1) is 22.9. The second kappa shape index (κ2) is 10.1. The Hall–Kier alpha value is -4.25. The van der Waals surface area contributed by atoms with Gasteiger partial charge in [-0.05, 0) is 35.9 Å². The summed E-state index contributed by atoms with van der Waals surface area (Å²) in [6.07, 6.45) is 1.56. The van der Waals surface area contributed by atoms with Gasteiger partial charge in [-0.2, -0.15) is 0 Å². The Bertz CT molecular complexity index is 1320. The number of ether oxygens (including phenoxy) is 1. The quantitative estimate of drug-likeness (QED) is 0.369. The SMILES string of the molecule is O=C(Cn1cc(COc2ccc(Cl)cc2-c2cc(C(=O)O)no2)nn1)NCc1ccc(F)cc1. The molecule has 0 aliphatic rings. The van der Waals surface area contributed by atoms with Crippen LogP contribution < -0.4 is 10.1 Å². The van der Waals surface area contributed by atoms with Crippen LogP contribution in [0.3, 0.4) is 0 Å². The number of rotatable bonds is 9. The zero-order valence-electron chi connectivity index (χ0n) is 17.4. The summed E-state index contributed by atoms with van der Waals surface area (Å²) in [5, 5.41) is 23.6. The predicted molar refractivity (Wildman–Crippen MR) is 117 cm³/mol. The van der Waals surface area contributed by atoms with E-state index in [9.17, 15) is 14.0 Å². The number of aromatic nitrogens is 4. The van der Waals surface area contributed by atoms with E-state index in [-0.39, 0.29) is 42.9 Å². The van der Waals surface area contributed by atoms with E-state index in [1.54, 1.807) is 36.5 Å². The van der Waals surface area contributed by atoms with Gasteiger partial charge in [-0.3, -0.25) is 4.79 Å². The molecular weight excluding hydrogens is 469 g/mol. The smallest absolute Gasteiger partial charge is 0.358 e. The molecule has 0 saturated carbocycles. The van der Waals surface area contributed by atoms with Gasteiger partial charge < -0.3 is 19.7 Å². The molecule has 4 rings (SSSR count). The number of benzene rings is 2. The second-order valence-electron chi connectivity index (χ2n) is 7.12. The number of nitrogens with one attached hydrogen (secondary N) is 1. The zero-order chi connectivity index (χ0) is 24.1. The van der Waals surface area contributed by atoms with E-state index in [0.29, 0.717) is 22.0 Å². The van der Waals surface area contributed by atoms with Crippen LogP contribution in [0.1, 0.15) is 21.7 Å². The Balaban J connectivity index is 1.36. The van der Waals surface area contributed by atoms with Crippen molar-refractivity contribution >= 4 is 23.5 Å². The monoisotopic (exact) mass is 485 g/mol. The van der Waals surface area contributed by atoms with E-state index in [4.69, 9.17) is 26.0 Å². The Morgan fingerprint density at radius 2 is 1.97 bits per heavy atom.